The molecule has 3 fully saturated rings. The van der Waals surface area contributed by atoms with Crippen molar-refractivity contribution in [3.8, 4) is 0 Å². The van der Waals surface area contributed by atoms with E-state index in [4.69, 9.17) is 0 Å². The highest BCUT2D eigenvalue weighted by Crippen LogP contribution is 2.44. The fourth-order valence-electron chi connectivity index (χ4n) is 5.62. The summed E-state index contributed by atoms with van der Waals surface area (Å²) in [6, 6.07) is 27.5. The van der Waals surface area contributed by atoms with Gasteiger partial charge in [-0.05, 0) is 55.1 Å². The topological polar surface area (TPSA) is 22.3 Å². The fourth-order valence-corrected chi connectivity index (χ4v) is 5.62. The first kappa shape index (κ1) is 17.6. The Morgan fingerprint density at radius 2 is 1.46 bits per heavy atom. The molecule has 3 aliphatic rings. The number of likely N-dealkylation sites (N-methyl/N-ethyl adjacent to an activating group) is 1. The van der Waals surface area contributed by atoms with E-state index in [9.17, 15) is 0 Å². The van der Waals surface area contributed by atoms with E-state index in [2.05, 4.69) is 94.6 Å². The minimum Gasteiger partial charge on any atom is -0.356 e. The first-order valence-corrected chi connectivity index (χ1v) is 10.5. The Morgan fingerprint density at radius 3 is 2.00 bits per heavy atom. The molecular weight excluding hydrogens is 342 g/mol. The fraction of sp³-hybridized carbons (Fsp3) is 0.360. The van der Waals surface area contributed by atoms with Crippen LogP contribution in [0.5, 0.6) is 0 Å². The number of anilines is 1. The molecule has 6 rings (SSSR count). The summed E-state index contributed by atoms with van der Waals surface area (Å²) in [5, 5.41) is 0. The SMILES string of the molecule is CN(c1ccc[nH]1)[C@@H]1C2CCN(CC2)[C@@H]1C(c1ccccc1)c1ccccc1. The van der Waals surface area contributed by atoms with Crippen molar-refractivity contribution in [3.63, 3.8) is 0 Å². The van der Waals surface area contributed by atoms with Crippen LogP contribution in [0, 0.1) is 5.92 Å². The highest BCUT2D eigenvalue weighted by atomic mass is 15.3. The Morgan fingerprint density at radius 1 is 0.857 bits per heavy atom. The number of hydrogen-bond acceptors (Lipinski definition) is 2. The van der Waals surface area contributed by atoms with Crippen LogP contribution in [-0.4, -0.2) is 42.1 Å². The average molecular weight is 372 g/mol. The summed E-state index contributed by atoms with van der Waals surface area (Å²) in [4.78, 5) is 8.71. The summed E-state index contributed by atoms with van der Waals surface area (Å²) in [6.45, 7) is 2.45. The van der Waals surface area contributed by atoms with Crippen molar-refractivity contribution in [2.75, 3.05) is 25.0 Å². The predicted molar refractivity (Wildman–Crippen MR) is 116 cm³/mol. The third-order valence-electron chi connectivity index (χ3n) is 6.90. The van der Waals surface area contributed by atoms with Crippen LogP contribution >= 0.6 is 0 Å². The van der Waals surface area contributed by atoms with Gasteiger partial charge in [-0.2, -0.15) is 0 Å². The zero-order valence-electron chi connectivity index (χ0n) is 16.5. The lowest BCUT2D eigenvalue weighted by Gasteiger charge is -2.56. The van der Waals surface area contributed by atoms with Gasteiger partial charge in [0.05, 0.1) is 0 Å². The Bertz CT molecular complexity index is 827. The molecular formula is C25H29N3. The van der Waals surface area contributed by atoms with E-state index >= 15 is 0 Å². The minimum atomic E-state index is 0.382. The summed E-state index contributed by atoms with van der Waals surface area (Å²) < 4.78 is 0. The highest BCUT2D eigenvalue weighted by Gasteiger charge is 2.48. The Hall–Kier alpha value is -2.52. The van der Waals surface area contributed by atoms with Crippen LogP contribution < -0.4 is 4.90 Å². The Balaban J connectivity index is 1.61. The van der Waals surface area contributed by atoms with E-state index in [1.165, 1.54) is 42.9 Å². The third kappa shape index (κ3) is 3.04. The van der Waals surface area contributed by atoms with Gasteiger partial charge in [-0.3, -0.25) is 4.90 Å². The molecule has 28 heavy (non-hydrogen) atoms. The summed E-state index contributed by atoms with van der Waals surface area (Å²) in [5.41, 5.74) is 2.85. The normalized spacial score (nSPS) is 26.5. The predicted octanol–water partition coefficient (Wildman–Crippen LogP) is 4.75. The number of piperidine rings is 3. The van der Waals surface area contributed by atoms with Crippen molar-refractivity contribution in [3.05, 3.63) is 90.1 Å². The molecule has 2 atom stereocenters. The number of H-pyrrole nitrogens is 1. The van der Waals surface area contributed by atoms with E-state index < -0.39 is 0 Å². The lowest BCUT2D eigenvalue weighted by atomic mass is 9.70. The maximum absolute atomic E-state index is 3.44. The number of benzene rings is 2. The number of aromatic nitrogens is 1. The zero-order valence-corrected chi connectivity index (χ0v) is 16.5. The lowest BCUT2D eigenvalue weighted by molar-refractivity contribution is 0.0184. The Labute approximate surface area is 168 Å². The molecule has 0 unspecified atom stereocenters. The van der Waals surface area contributed by atoms with E-state index in [1.807, 2.05) is 6.20 Å². The van der Waals surface area contributed by atoms with Crippen molar-refractivity contribution in [1.82, 2.24) is 9.88 Å². The largest absolute Gasteiger partial charge is 0.356 e. The molecule has 1 N–H and O–H groups in total. The molecule has 3 nitrogen and oxygen atoms in total. The van der Waals surface area contributed by atoms with Crippen LogP contribution in [0.1, 0.15) is 29.9 Å². The number of nitrogens with one attached hydrogen (secondary N) is 1. The van der Waals surface area contributed by atoms with Gasteiger partial charge in [-0.25, -0.2) is 0 Å². The first-order chi connectivity index (χ1) is 13.8. The molecule has 0 radical (unpaired) electrons. The zero-order chi connectivity index (χ0) is 18.9. The van der Waals surface area contributed by atoms with Crippen LogP contribution in [0.25, 0.3) is 0 Å². The standard InChI is InChI=1S/C25H29N3/c1-27(22-13-8-16-26-22)24-21-14-17-28(18-15-21)25(24)23(19-9-4-2-5-10-19)20-11-6-3-7-12-20/h2-13,16,21,23-26H,14-15,17-18H2,1H3/t24-,25-/m1/s1. The second-order valence-corrected chi connectivity index (χ2v) is 8.32. The van der Waals surface area contributed by atoms with E-state index in [0.29, 0.717) is 18.0 Å². The molecule has 1 aromatic heterocycles. The maximum Gasteiger partial charge on any atom is 0.105 e. The number of rotatable bonds is 5. The van der Waals surface area contributed by atoms with Gasteiger partial charge < -0.3 is 9.88 Å². The quantitative estimate of drug-likeness (QED) is 0.699. The summed E-state index contributed by atoms with van der Waals surface area (Å²) in [5.74, 6) is 2.36. The molecule has 0 spiro atoms. The number of fused-ring (bicyclic) bond motifs is 3. The minimum absolute atomic E-state index is 0.382. The van der Waals surface area contributed by atoms with Gasteiger partial charge in [0.15, 0.2) is 0 Å². The van der Waals surface area contributed by atoms with Crippen LogP contribution in [-0.2, 0) is 0 Å². The first-order valence-electron chi connectivity index (χ1n) is 10.5. The molecule has 3 aliphatic heterocycles. The molecule has 4 heterocycles. The van der Waals surface area contributed by atoms with Crippen molar-refractivity contribution in [2.24, 2.45) is 5.92 Å². The molecule has 3 aromatic rings. The monoisotopic (exact) mass is 371 g/mol. The van der Waals surface area contributed by atoms with Gasteiger partial charge in [-0.1, -0.05) is 60.7 Å². The number of nitrogens with zero attached hydrogens (tertiary/aromatic N) is 2. The molecule has 2 bridgehead atoms. The third-order valence-corrected chi connectivity index (χ3v) is 6.90. The molecule has 0 amide bonds. The highest BCUT2D eigenvalue weighted by molar-refractivity contribution is 5.43. The molecule has 144 valence electrons. The van der Waals surface area contributed by atoms with Crippen LogP contribution in [0.2, 0.25) is 0 Å². The summed E-state index contributed by atoms with van der Waals surface area (Å²) in [7, 11) is 2.28. The summed E-state index contributed by atoms with van der Waals surface area (Å²) >= 11 is 0. The van der Waals surface area contributed by atoms with Gasteiger partial charge in [0.25, 0.3) is 0 Å². The van der Waals surface area contributed by atoms with Gasteiger partial charge in [0, 0.05) is 31.2 Å². The molecule has 2 aromatic carbocycles. The lowest BCUT2D eigenvalue weighted by Crippen LogP contribution is -2.65. The van der Waals surface area contributed by atoms with E-state index in [-0.39, 0.29) is 0 Å². The molecule has 3 heteroatoms. The van der Waals surface area contributed by atoms with Crippen molar-refractivity contribution in [1.29, 1.82) is 0 Å². The van der Waals surface area contributed by atoms with Crippen molar-refractivity contribution < 1.29 is 0 Å². The van der Waals surface area contributed by atoms with Crippen LogP contribution in [0.4, 0.5) is 5.82 Å². The van der Waals surface area contributed by atoms with Crippen LogP contribution in [0.3, 0.4) is 0 Å². The van der Waals surface area contributed by atoms with Gasteiger partial charge in [0.2, 0.25) is 0 Å². The van der Waals surface area contributed by atoms with Gasteiger partial charge in [0.1, 0.15) is 5.82 Å². The number of hydrogen-bond donors (Lipinski definition) is 1. The van der Waals surface area contributed by atoms with E-state index in [1.54, 1.807) is 0 Å². The second-order valence-electron chi connectivity index (χ2n) is 8.32. The van der Waals surface area contributed by atoms with Gasteiger partial charge in [-0.15, -0.1) is 0 Å². The molecule has 3 saturated heterocycles. The maximum atomic E-state index is 3.44. The van der Waals surface area contributed by atoms with E-state index in [0.717, 1.165) is 5.92 Å². The van der Waals surface area contributed by atoms with Crippen molar-refractivity contribution in [2.45, 2.75) is 30.8 Å². The van der Waals surface area contributed by atoms with Gasteiger partial charge >= 0.3 is 0 Å². The summed E-state index contributed by atoms with van der Waals surface area (Å²) in [6.07, 6.45) is 4.65. The second kappa shape index (κ2) is 7.48. The Kier molecular flexibility index (Phi) is 4.69. The average Bonchev–Trinajstić information content (AvgIpc) is 3.31. The molecule has 0 aliphatic carbocycles. The van der Waals surface area contributed by atoms with Crippen molar-refractivity contribution >= 4 is 5.82 Å². The smallest absolute Gasteiger partial charge is 0.105 e. The molecule has 0 saturated carbocycles. The number of aromatic amines is 1. The van der Waals surface area contributed by atoms with Crippen LogP contribution in [0.15, 0.2) is 79.0 Å².